The highest BCUT2D eigenvalue weighted by atomic mass is 32.2. The number of fused-ring (bicyclic) bond motifs is 1. The van der Waals surface area contributed by atoms with Crippen LogP contribution in [0.5, 0.6) is 0 Å². The number of aromatic nitrogens is 2. The quantitative estimate of drug-likeness (QED) is 0.580. The molecular formula is C5H5N3S. The van der Waals surface area contributed by atoms with Crippen LogP contribution in [0.25, 0.3) is 0 Å². The fourth-order valence-electron chi connectivity index (χ4n) is 0.725. The van der Waals surface area contributed by atoms with Crippen LogP contribution in [0.4, 0.5) is 5.82 Å². The molecular weight excluding hydrogens is 134 g/mol. The molecule has 1 aromatic heterocycles. The second-order valence-electron chi connectivity index (χ2n) is 1.68. The van der Waals surface area contributed by atoms with Crippen LogP contribution in [0.15, 0.2) is 17.4 Å². The predicted octanol–water partition coefficient (Wildman–Crippen LogP) is 0.952. The number of nitrogens with zero attached hydrogens (tertiary/aromatic N) is 2. The fraction of sp³-hybridized carbons (Fsp3) is 0.200. The van der Waals surface area contributed by atoms with E-state index in [1.54, 1.807) is 24.2 Å². The third-order valence-electron chi connectivity index (χ3n) is 1.11. The van der Waals surface area contributed by atoms with E-state index in [1.807, 2.05) is 0 Å². The van der Waals surface area contributed by atoms with Crippen molar-refractivity contribution in [1.29, 1.82) is 0 Å². The van der Waals surface area contributed by atoms with Crippen molar-refractivity contribution in [1.82, 2.24) is 9.97 Å². The Kier molecular flexibility index (Phi) is 1.05. The fourth-order valence-corrected chi connectivity index (χ4v) is 1.47. The van der Waals surface area contributed by atoms with Crippen molar-refractivity contribution in [2.75, 3.05) is 11.2 Å². The summed E-state index contributed by atoms with van der Waals surface area (Å²) < 4.78 is 0. The second-order valence-corrected chi connectivity index (χ2v) is 2.64. The molecule has 0 aromatic carbocycles. The third kappa shape index (κ3) is 0.751. The van der Waals surface area contributed by atoms with Gasteiger partial charge in [-0.3, -0.25) is 0 Å². The molecule has 0 atom stereocenters. The number of hydrogen-bond acceptors (Lipinski definition) is 4. The summed E-state index contributed by atoms with van der Waals surface area (Å²) in [6, 6.07) is 0. The second kappa shape index (κ2) is 1.88. The molecule has 2 heterocycles. The number of thioether (sulfide) groups is 1. The molecule has 2 rings (SSSR count). The molecule has 1 aliphatic heterocycles. The van der Waals surface area contributed by atoms with Gasteiger partial charge in [-0.25, -0.2) is 9.97 Å². The molecule has 3 nitrogen and oxygen atoms in total. The Labute approximate surface area is 56.9 Å². The molecule has 0 saturated carbocycles. The average Bonchev–Trinajstić information content (AvgIpc) is 2.33. The highest BCUT2D eigenvalue weighted by molar-refractivity contribution is 7.99. The highest BCUT2D eigenvalue weighted by Crippen LogP contribution is 2.27. The van der Waals surface area contributed by atoms with E-state index in [0.29, 0.717) is 0 Å². The summed E-state index contributed by atoms with van der Waals surface area (Å²) in [7, 11) is 0. The Balaban J connectivity index is 2.54. The molecule has 9 heavy (non-hydrogen) atoms. The van der Waals surface area contributed by atoms with Gasteiger partial charge >= 0.3 is 0 Å². The molecule has 0 fully saturated rings. The minimum Gasteiger partial charge on any atom is -0.358 e. The SMILES string of the molecule is c1cnc2c(n1)NCS2. The molecule has 0 bridgehead atoms. The maximum Gasteiger partial charge on any atom is 0.159 e. The molecule has 0 aliphatic carbocycles. The number of nitrogens with one attached hydrogen (secondary N) is 1. The number of rotatable bonds is 0. The van der Waals surface area contributed by atoms with Crippen LogP contribution in [0.2, 0.25) is 0 Å². The lowest BCUT2D eigenvalue weighted by molar-refractivity contribution is 1.07. The van der Waals surface area contributed by atoms with E-state index >= 15 is 0 Å². The van der Waals surface area contributed by atoms with E-state index in [0.717, 1.165) is 16.7 Å². The van der Waals surface area contributed by atoms with Crippen LogP contribution in [-0.4, -0.2) is 15.8 Å². The zero-order chi connectivity index (χ0) is 6.10. The Morgan fingerprint density at radius 3 is 3.22 bits per heavy atom. The Bertz CT molecular complexity index is 202. The van der Waals surface area contributed by atoms with E-state index in [4.69, 9.17) is 0 Å². The van der Waals surface area contributed by atoms with E-state index in [2.05, 4.69) is 15.3 Å². The largest absolute Gasteiger partial charge is 0.358 e. The van der Waals surface area contributed by atoms with Gasteiger partial charge in [0, 0.05) is 12.4 Å². The van der Waals surface area contributed by atoms with Crippen molar-refractivity contribution in [3.63, 3.8) is 0 Å². The predicted molar refractivity (Wildman–Crippen MR) is 36.4 cm³/mol. The molecule has 1 aromatic rings. The number of hydrogen-bond donors (Lipinski definition) is 1. The molecule has 1 aliphatic rings. The topological polar surface area (TPSA) is 37.8 Å². The molecule has 0 spiro atoms. The van der Waals surface area contributed by atoms with E-state index in [-0.39, 0.29) is 0 Å². The van der Waals surface area contributed by atoms with Gasteiger partial charge in [0.1, 0.15) is 5.03 Å². The minimum absolute atomic E-state index is 0.902. The van der Waals surface area contributed by atoms with E-state index in [9.17, 15) is 0 Å². The van der Waals surface area contributed by atoms with Crippen LogP contribution in [0, 0.1) is 0 Å². The summed E-state index contributed by atoms with van der Waals surface area (Å²) in [4.78, 5) is 8.16. The summed E-state index contributed by atoms with van der Waals surface area (Å²) >= 11 is 1.68. The zero-order valence-electron chi connectivity index (χ0n) is 4.66. The molecule has 0 radical (unpaired) electrons. The standard InChI is InChI=1S/C5H5N3S/c1-2-7-5-4(6-1)8-3-9-5/h1-2H,3H2,(H,6,8). The molecule has 4 heteroatoms. The van der Waals surface area contributed by atoms with Gasteiger partial charge in [0.15, 0.2) is 5.82 Å². The van der Waals surface area contributed by atoms with Crippen molar-refractivity contribution < 1.29 is 0 Å². The lowest BCUT2D eigenvalue weighted by Crippen LogP contribution is -1.90. The van der Waals surface area contributed by atoms with Crippen LogP contribution in [-0.2, 0) is 0 Å². The maximum atomic E-state index is 4.10. The van der Waals surface area contributed by atoms with Crippen LogP contribution < -0.4 is 5.32 Å². The molecule has 46 valence electrons. The van der Waals surface area contributed by atoms with Crippen LogP contribution in [0.1, 0.15) is 0 Å². The van der Waals surface area contributed by atoms with Gasteiger partial charge in [-0.1, -0.05) is 11.8 Å². The van der Waals surface area contributed by atoms with Gasteiger partial charge in [-0.2, -0.15) is 0 Å². The van der Waals surface area contributed by atoms with Crippen LogP contribution in [0.3, 0.4) is 0 Å². The molecule has 0 unspecified atom stereocenters. The van der Waals surface area contributed by atoms with Gasteiger partial charge in [0.2, 0.25) is 0 Å². The van der Waals surface area contributed by atoms with Crippen molar-refractivity contribution in [2.45, 2.75) is 5.03 Å². The Morgan fingerprint density at radius 2 is 2.33 bits per heavy atom. The summed E-state index contributed by atoms with van der Waals surface area (Å²) in [6.45, 7) is 0. The van der Waals surface area contributed by atoms with Gasteiger partial charge in [-0.15, -0.1) is 0 Å². The van der Waals surface area contributed by atoms with Crippen LogP contribution >= 0.6 is 11.8 Å². The van der Waals surface area contributed by atoms with Crippen molar-refractivity contribution in [3.8, 4) is 0 Å². The normalized spacial score (nSPS) is 14.7. The minimum atomic E-state index is 0.902. The number of anilines is 1. The first-order valence-electron chi connectivity index (χ1n) is 2.64. The first-order valence-corrected chi connectivity index (χ1v) is 3.63. The Morgan fingerprint density at radius 1 is 1.44 bits per heavy atom. The smallest absolute Gasteiger partial charge is 0.159 e. The first-order chi connectivity index (χ1) is 4.47. The highest BCUT2D eigenvalue weighted by Gasteiger charge is 2.10. The van der Waals surface area contributed by atoms with Gasteiger partial charge in [0.05, 0.1) is 5.88 Å². The molecule has 0 amide bonds. The first kappa shape index (κ1) is 5.05. The molecule has 0 saturated heterocycles. The maximum absolute atomic E-state index is 4.10. The summed E-state index contributed by atoms with van der Waals surface area (Å²) in [5, 5.41) is 4.10. The summed E-state index contributed by atoms with van der Waals surface area (Å²) in [5.41, 5.74) is 0. The van der Waals surface area contributed by atoms with Crippen molar-refractivity contribution in [2.24, 2.45) is 0 Å². The van der Waals surface area contributed by atoms with E-state index in [1.165, 1.54) is 0 Å². The summed E-state index contributed by atoms with van der Waals surface area (Å²) in [6.07, 6.45) is 3.40. The van der Waals surface area contributed by atoms with E-state index < -0.39 is 0 Å². The van der Waals surface area contributed by atoms with Gasteiger partial charge in [-0.05, 0) is 0 Å². The van der Waals surface area contributed by atoms with Gasteiger partial charge < -0.3 is 5.32 Å². The monoisotopic (exact) mass is 139 g/mol. The third-order valence-corrected chi connectivity index (χ3v) is 1.97. The summed E-state index contributed by atoms with van der Waals surface area (Å²) in [5.74, 6) is 1.82. The lowest BCUT2D eigenvalue weighted by Gasteiger charge is -1.90. The van der Waals surface area contributed by atoms with Crippen molar-refractivity contribution >= 4 is 17.6 Å². The Hall–Kier alpha value is -0.770. The lowest BCUT2D eigenvalue weighted by atomic mass is 10.7. The zero-order valence-corrected chi connectivity index (χ0v) is 5.48. The molecule has 1 N–H and O–H groups in total. The average molecular weight is 139 g/mol. The van der Waals surface area contributed by atoms with Crippen molar-refractivity contribution in [3.05, 3.63) is 12.4 Å². The van der Waals surface area contributed by atoms with Gasteiger partial charge in [0.25, 0.3) is 0 Å².